The Kier molecular flexibility index (Phi) is 4.58. The second kappa shape index (κ2) is 6.41. The molecule has 112 valence electrons. The van der Waals surface area contributed by atoms with Crippen molar-refractivity contribution in [2.45, 2.75) is 45.2 Å². The Balaban J connectivity index is 1.50. The quantitative estimate of drug-likeness (QED) is 0.836. The number of likely N-dealkylation sites (tertiary alicyclic amines) is 1. The summed E-state index contributed by atoms with van der Waals surface area (Å²) in [6, 6.07) is 0.771. The Bertz CT molecular complexity index is 435. The van der Waals surface area contributed by atoms with Crippen LogP contribution in [-0.4, -0.2) is 49.2 Å². The second-order valence-corrected chi connectivity index (χ2v) is 7.19. The fourth-order valence-electron chi connectivity index (χ4n) is 2.66. The summed E-state index contributed by atoms with van der Waals surface area (Å²) in [4.78, 5) is 11.0. The molecule has 0 atom stereocenters. The van der Waals surface area contributed by atoms with Crippen LogP contribution in [0.25, 0.3) is 0 Å². The Labute approximate surface area is 126 Å². The molecule has 0 amide bonds. The standard InChI is InChI=1S/C15H26N4S/c1-12-14(11-16-13-5-6-13)20-15(17-12)18(2)9-10-19-7-3-4-8-19/h13,16H,3-11H2,1-2H3. The molecule has 1 aliphatic heterocycles. The normalized spacial score (nSPS) is 19.7. The van der Waals surface area contributed by atoms with Gasteiger partial charge in [-0.05, 0) is 45.7 Å². The lowest BCUT2D eigenvalue weighted by atomic mass is 10.4. The highest BCUT2D eigenvalue weighted by molar-refractivity contribution is 7.15. The molecule has 3 rings (SSSR count). The first-order valence-electron chi connectivity index (χ1n) is 7.85. The number of hydrogen-bond acceptors (Lipinski definition) is 5. The Morgan fingerprint density at radius 2 is 2.10 bits per heavy atom. The van der Waals surface area contributed by atoms with E-state index in [2.05, 4.69) is 29.1 Å². The molecule has 1 aliphatic carbocycles. The number of nitrogens with zero attached hydrogens (tertiary/aromatic N) is 3. The van der Waals surface area contributed by atoms with Crippen molar-refractivity contribution in [3.8, 4) is 0 Å². The maximum atomic E-state index is 4.74. The van der Waals surface area contributed by atoms with Gasteiger partial charge in [-0.1, -0.05) is 0 Å². The van der Waals surface area contributed by atoms with E-state index in [1.165, 1.54) is 61.0 Å². The van der Waals surface area contributed by atoms with E-state index in [1.54, 1.807) is 0 Å². The van der Waals surface area contributed by atoms with Crippen LogP contribution >= 0.6 is 11.3 Å². The Morgan fingerprint density at radius 1 is 1.35 bits per heavy atom. The minimum Gasteiger partial charge on any atom is -0.350 e. The molecule has 1 N–H and O–H groups in total. The fourth-order valence-corrected chi connectivity index (χ4v) is 3.66. The molecular formula is C15H26N4S. The van der Waals surface area contributed by atoms with Crippen LogP contribution < -0.4 is 10.2 Å². The lowest BCUT2D eigenvalue weighted by Crippen LogP contribution is -2.31. The molecule has 0 radical (unpaired) electrons. The van der Waals surface area contributed by atoms with Gasteiger partial charge in [-0.3, -0.25) is 0 Å². The predicted molar refractivity (Wildman–Crippen MR) is 85.7 cm³/mol. The highest BCUT2D eigenvalue weighted by Gasteiger charge is 2.21. The van der Waals surface area contributed by atoms with Gasteiger partial charge in [0, 0.05) is 37.6 Å². The van der Waals surface area contributed by atoms with E-state index in [4.69, 9.17) is 4.98 Å². The number of aromatic nitrogens is 1. The van der Waals surface area contributed by atoms with Gasteiger partial charge in [-0.2, -0.15) is 0 Å². The smallest absolute Gasteiger partial charge is 0.185 e. The summed E-state index contributed by atoms with van der Waals surface area (Å²) in [6.07, 6.45) is 5.44. The van der Waals surface area contributed by atoms with E-state index in [9.17, 15) is 0 Å². The molecule has 1 saturated carbocycles. The van der Waals surface area contributed by atoms with Crippen molar-refractivity contribution < 1.29 is 0 Å². The van der Waals surface area contributed by atoms with Gasteiger partial charge >= 0.3 is 0 Å². The molecule has 1 aromatic rings. The summed E-state index contributed by atoms with van der Waals surface area (Å²) in [7, 11) is 2.17. The molecule has 2 fully saturated rings. The van der Waals surface area contributed by atoms with Crippen LogP contribution in [-0.2, 0) is 6.54 Å². The fraction of sp³-hybridized carbons (Fsp3) is 0.800. The summed E-state index contributed by atoms with van der Waals surface area (Å²) in [6.45, 7) is 7.95. The number of rotatable bonds is 7. The molecular weight excluding hydrogens is 268 g/mol. The minimum atomic E-state index is 0.771. The maximum absolute atomic E-state index is 4.74. The van der Waals surface area contributed by atoms with Crippen LogP contribution in [0.15, 0.2) is 0 Å². The maximum Gasteiger partial charge on any atom is 0.185 e. The number of likely N-dealkylation sites (N-methyl/N-ethyl adjacent to an activating group) is 1. The highest BCUT2D eigenvalue weighted by Crippen LogP contribution is 2.27. The zero-order valence-electron chi connectivity index (χ0n) is 12.7. The van der Waals surface area contributed by atoms with E-state index in [1.807, 2.05) is 11.3 Å². The topological polar surface area (TPSA) is 31.4 Å². The van der Waals surface area contributed by atoms with E-state index in [-0.39, 0.29) is 0 Å². The van der Waals surface area contributed by atoms with Crippen molar-refractivity contribution >= 4 is 16.5 Å². The molecule has 1 aromatic heterocycles. The number of anilines is 1. The summed E-state index contributed by atoms with van der Waals surface area (Å²) in [5.74, 6) is 0. The van der Waals surface area contributed by atoms with Crippen LogP contribution in [0.2, 0.25) is 0 Å². The number of hydrogen-bond donors (Lipinski definition) is 1. The summed E-state index contributed by atoms with van der Waals surface area (Å²) in [5.41, 5.74) is 1.20. The molecule has 4 nitrogen and oxygen atoms in total. The first-order valence-corrected chi connectivity index (χ1v) is 8.67. The SMILES string of the molecule is Cc1nc(N(C)CCN2CCCC2)sc1CNC1CC1. The molecule has 5 heteroatoms. The molecule has 0 spiro atoms. The molecule has 20 heavy (non-hydrogen) atoms. The van der Waals surface area contributed by atoms with Gasteiger partial charge in [-0.15, -0.1) is 11.3 Å². The van der Waals surface area contributed by atoms with E-state index >= 15 is 0 Å². The summed E-state index contributed by atoms with van der Waals surface area (Å²) >= 11 is 1.85. The van der Waals surface area contributed by atoms with Crippen molar-refractivity contribution in [2.75, 3.05) is 38.1 Å². The third kappa shape index (κ3) is 3.71. The molecule has 1 saturated heterocycles. The largest absolute Gasteiger partial charge is 0.350 e. The molecule has 0 bridgehead atoms. The van der Waals surface area contributed by atoms with E-state index < -0.39 is 0 Å². The van der Waals surface area contributed by atoms with Gasteiger partial charge in [0.05, 0.1) is 5.69 Å². The van der Waals surface area contributed by atoms with Crippen molar-refractivity contribution in [1.82, 2.24) is 15.2 Å². The van der Waals surface area contributed by atoms with Gasteiger partial charge < -0.3 is 15.1 Å². The third-order valence-corrected chi connectivity index (χ3v) is 5.56. The van der Waals surface area contributed by atoms with Crippen molar-refractivity contribution in [3.05, 3.63) is 10.6 Å². The monoisotopic (exact) mass is 294 g/mol. The Morgan fingerprint density at radius 3 is 2.80 bits per heavy atom. The molecule has 0 aromatic carbocycles. The lowest BCUT2D eigenvalue weighted by Gasteiger charge is -2.20. The second-order valence-electron chi connectivity index (χ2n) is 6.13. The minimum absolute atomic E-state index is 0.771. The Hall–Kier alpha value is -0.650. The van der Waals surface area contributed by atoms with Crippen molar-refractivity contribution in [3.63, 3.8) is 0 Å². The number of thiazole rings is 1. The van der Waals surface area contributed by atoms with Crippen LogP contribution in [0, 0.1) is 6.92 Å². The highest BCUT2D eigenvalue weighted by atomic mass is 32.1. The number of nitrogens with one attached hydrogen (secondary N) is 1. The zero-order valence-corrected chi connectivity index (χ0v) is 13.5. The van der Waals surface area contributed by atoms with Gasteiger partial charge in [0.2, 0.25) is 0 Å². The molecule has 2 aliphatic rings. The summed E-state index contributed by atoms with van der Waals surface area (Å²) in [5, 5.41) is 4.76. The third-order valence-electron chi connectivity index (χ3n) is 4.29. The van der Waals surface area contributed by atoms with Gasteiger partial charge in [0.1, 0.15) is 0 Å². The lowest BCUT2D eigenvalue weighted by molar-refractivity contribution is 0.346. The van der Waals surface area contributed by atoms with Gasteiger partial charge in [0.25, 0.3) is 0 Å². The molecule has 2 heterocycles. The van der Waals surface area contributed by atoms with Crippen LogP contribution in [0.5, 0.6) is 0 Å². The average molecular weight is 294 g/mol. The summed E-state index contributed by atoms with van der Waals surface area (Å²) < 4.78 is 0. The van der Waals surface area contributed by atoms with Crippen molar-refractivity contribution in [1.29, 1.82) is 0 Å². The van der Waals surface area contributed by atoms with Gasteiger partial charge in [-0.25, -0.2) is 4.98 Å². The van der Waals surface area contributed by atoms with E-state index in [0.29, 0.717) is 0 Å². The number of aryl methyl sites for hydroxylation is 1. The predicted octanol–water partition coefficient (Wildman–Crippen LogP) is 2.24. The van der Waals surface area contributed by atoms with Gasteiger partial charge in [0.15, 0.2) is 5.13 Å². The van der Waals surface area contributed by atoms with Crippen LogP contribution in [0.3, 0.4) is 0 Å². The molecule has 0 unspecified atom stereocenters. The first kappa shape index (κ1) is 14.3. The zero-order chi connectivity index (χ0) is 13.9. The van der Waals surface area contributed by atoms with Crippen molar-refractivity contribution in [2.24, 2.45) is 0 Å². The average Bonchev–Trinajstić information content (AvgIpc) is 2.98. The first-order chi connectivity index (χ1) is 9.72. The van der Waals surface area contributed by atoms with Crippen LogP contribution in [0.1, 0.15) is 36.3 Å². The van der Waals surface area contributed by atoms with Crippen LogP contribution in [0.4, 0.5) is 5.13 Å². The van der Waals surface area contributed by atoms with E-state index in [0.717, 1.165) is 19.1 Å².